The van der Waals surface area contributed by atoms with E-state index in [0.717, 1.165) is 10.9 Å². The number of amides is 4. The smallest absolute Gasteiger partial charge is 0.326 e. The molecule has 0 radical (unpaired) electrons. The Balaban J connectivity index is 1.84. The molecule has 4 amide bonds. The van der Waals surface area contributed by atoms with Crippen LogP contribution in [-0.2, 0) is 36.8 Å². The molecule has 11 N–H and O–H groups in total. The van der Waals surface area contributed by atoms with E-state index in [4.69, 9.17) is 17.2 Å². The van der Waals surface area contributed by atoms with Gasteiger partial charge in [-0.3, -0.25) is 19.2 Å². The van der Waals surface area contributed by atoms with Crippen LogP contribution in [0, 0.1) is 0 Å². The Morgan fingerprint density at radius 2 is 1.41 bits per heavy atom. The number of aliphatic carboxylic acids is 1. The number of aromatic amines is 1. The van der Waals surface area contributed by atoms with Crippen molar-refractivity contribution >= 4 is 40.5 Å². The first-order valence-electron chi connectivity index (χ1n) is 14.6. The predicted molar refractivity (Wildman–Crippen MR) is 165 cm³/mol. The van der Waals surface area contributed by atoms with Crippen LogP contribution in [0.2, 0.25) is 0 Å². The largest absolute Gasteiger partial charge is 0.480 e. The Morgan fingerprint density at radius 3 is 2.09 bits per heavy atom. The second-order valence-electron chi connectivity index (χ2n) is 10.7. The van der Waals surface area contributed by atoms with E-state index in [2.05, 4.69) is 20.9 Å². The number of carboxylic acids is 1. The Bertz CT molecular complexity index is 1430. The lowest BCUT2D eigenvalue weighted by Gasteiger charge is -2.25. The summed E-state index contributed by atoms with van der Waals surface area (Å²) in [5, 5.41) is 18.5. The number of hydrogen-bond acceptors (Lipinski definition) is 7. The van der Waals surface area contributed by atoms with Gasteiger partial charge in [0.15, 0.2) is 0 Å². The van der Waals surface area contributed by atoms with Crippen LogP contribution in [0.4, 0.5) is 0 Å². The van der Waals surface area contributed by atoms with Crippen LogP contribution in [0.5, 0.6) is 0 Å². The highest BCUT2D eigenvalue weighted by molar-refractivity contribution is 5.95. The molecule has 0 saturated heterocycles. The second-order valence-corrected chi connectivity index (χ2v) is 10.7. The fourth-order valence-corrected chi connectivity index (χ4v) is 4.80. The van der Waals surface area contributed by atoms with E-state index in [9.17, 15) is 29.1 Å². The van der Waals surface area contributed by atoms with E-state index >= 15 is 0 Å². The quantitative estimate of drug-likeness (QED) is 0.0929. The van der Waals surface area contributed by atoms with Crippen molar-refractivity contribution in [3.05, 3.63) is 71.9 Å². The molecule has 236 valence electrons. The summed E-state index contributed by atoms with van der Waals surface area (Å²) in [4.78, 5) is 66.7. The molecule has 13 nitrogen and oxygen atoms in total. The van der Waals surface area contributed by atoms with Gasteiger partial charge in [0.05, 0.1) is 6.04 Å². The number of nitrogens with two attached hydrogens (primary N) is 3. The number of unbranched alkanes of at least 4 members (excludes halogenated alkanes) is 1. The minimum Gasteiger partial charge on any atom is -0.480 e. The highest BCUT2D eigenvalue weighted by Gasteiger charge is 2.31. The molecule has 44 heavy (non-hydrogen) atoms. The zero-order valence-electron chi connectivity index (χ0n) is 24.5. The van der Waals surface area contributed by atoms with Crippen molar-refractivity contribution in [1.82, 2.24) is 20.9 Å². The second kappa shape index (κ2) is 16.8. The monoisotopic (exact) mass is 607 g/mol. The number of carbonyl (C=O) groups excluding carboxylic acids is 4. The third-order valence-electron chi connectivity index (χ3n) is 7.25. The van der Waals surface area contributed by atoms with Crippen LogP contribution in [0.25, 0.3) is 10.9 Å². The summed E-state index contributed by atoms with van der Waals surface area (Å²) in [6.07, 6.45) is 3.04. The van der Waals surface area contributed by atoms with Gasteiger partial charge in [-0.05, 0) is 43.0 Å². The van der Waals surface area contributed by atoms with Crippen molar-refractivity contribution < 1.29 is 29.1 Å². The molecule has 1 aromatic heterocycles. The van der Waals surface area contributed by atoms with E-state index < -0.39 is 53.8 Å². The molecule has 0 fully saturated rings. The number of carboxylic acid groups (broad SMARTS) is 1. The van der Waals surface area contributed by atoms with E-state index in [1.165, 1.54) is 0 Å². The Kier molecular flexibility index (Phi) is 12.9. The molecule has 0 aliphatic rings. The van der Waals surface area contributed by atoms with Gasteiger partial charge in [-0.1, -0.05) is 55.0 Å². The van der Waals surface area contributed by atoms with E-state index in [1.807, 2.05) is 24.3 Å². The molecule has 4 unspecified atom stereocenters. The number of primary amides is 1. The standard InChI is InChI=1S/C31H41N7O6/c32-15-7-6-11-22(33)28(40)36-24(13-14-27(34)39)29(41)37-25(17-20-18-35-23-12-5-4-10-21(20)23)30(42)38-26(31(43)44)16-19-8-2-1-3-9-19/h1-5,8-10,12,18,22,24-26,35H,6-7,11,13-17,32-33H2,(H2,34,39)(H,36,40)(H,37,41)(H,38,42)(H,43,44). The molecular formula is C31H41N7O6. The maximum atomic E-state index is 13.6. The summed E-state index contributed by atoms with van der Waals surface area (Å²) >= 11 is 0. The van der Waals surface area contributed by atoms with Crippen molar-refractivity contribution in [2.75, 3.05) is 6.54 Å². The summed E-state index contributed by atoms with van der Waals surface area (Å²) in [7, 11) is 0. The number of carbonyl (C=O) groups is 5. The molecule has 3 aromatic rings. The lowest BCUT2D eigenvalue weighted by molar-refractivity contribution is -0.142. The average Bonchev–Trinajstić information content (AvgIpc) is 3.41. The molecule has 4 atom stereocenters. The molecule has 1 heterocycles. The third-order valence-corrected chi connectivity index (χ3v) is 7.25. The number of para-hydroxylation sites is 1. The van der Waals surface area contributed by atoms with Gasteiger partial charge in [0.2, 0.25) is 23.6 Å². The summed E-state index contributed by atoms with van der Waals surface area (Å²) in [5.74, 6) is -4.00. The summed E-state index contributed by atoms with van der Waals surface area (Å²) in [6, 6.07) is 11.6. The number of hydrogen-bond donors (Lipinski definition) is 8. The number of H-pyrrole nitrogens is 1. The van der Waals surface area contributed by atoms with Crippen LogP contribution in [0.15, 0.2) is 60.8 Å². The van der Waals surface area contributed by atoms with Gasteiger partial charge in [0.1, 0.15) is 18.1 Å². The number of nitrogens with one attached hydrogen (secondary N) is 4. The summed E-state index contributed by atoms with van der Waals surface area (Å²) in [5.41, 5.74) is 19.0. The highest BCUT2D eigenvalue weighted by Crippen LogP contribution is 2.19. The minimum absolute atomic E-state index is 0.00828. The van der Waals surface area contributed by atoms with Crippen molar-refractivity contribution in [1.29, 1.82) is 0 Å². The van der Waals surface area contributed by atoms with Crippen molar-refractivity contribution in [2.24, 2.45) is 17.2 Å². The topological polar surface area (TPSA) is 236 Å². The summed E-state index contributed by atoms with van der Waals surface area (Å²) < 4.78 is 0. The van der Waals surface area contributed by atoms with Crippen molar-refractivity contribution in [3.63, 3.8) is 0 Å². The lowest BCUT2D eigenvalue weighted by atomic mass is 10.0. The Morgan fingerprint density at radius 1 is 0.773 bits per heavy atom. The first-order chi connectivity index (χ1) is 21.1. The van der Waals surface area contributed by atoms with Gasteiger partial charge >= 0.3 is 5.97 Å². The van der Waals surface area contributed by atoms with Crippen molar-refractivity contribution in [2.45, 2.75) is 69.1 Å². The average molecular weight is 608 g/mol. The normalized spacial score (nSPS) is 13.8. The SMILES string of the molecule is NCCCCC(N)C(=O)NC(CCC(N)=O)C(=O)NC(Cc1c[nH]c2ccccc12)C(=O)NC(Cc1ccccc1)C(=O)O. The molecular weight excluding hydrogens is 566 g/mol. The zero-order valence-corrected chi connectivity index (χ0v) is 24.5. The van der Waals surface area contributed by atoms with Gasteiger partial charge in [-0.2, -0.15) is 0 Å². The van der Waals surface area contributed by atoms with Crippen molar-refractivity contribution in [3.8, 4) is 0 Å². The Hall–Kier alpha value is -4.75. The third kappa shape index (κ3) is 10.2. The predicted octanol–water partition coefficient (Wildman–Crippen LogP) is 0.214. The maximum absolute atomic E-state index is 13.6. The fraction of sp³-hybridized carbons (Fsp3) is 0.387. The molecule has 0 aliphatic heterocycles. The molecule has 0 aliphatic carbocycles. The van der Waals surface area contributed by atoms with Gasteiger partial charge in [-0.15, -0.1) is 0 Å². The Labute approximate surface area is 255 Å². The molecule has 2 aromatic carbocycles. The van der Waals surface area contributed by atoms with Crippen LogP contribution in [-0.4, -0.2) is 70.4 Å². The first-order valence-corrected chi connectivity index (χ1v) is 14.6. The number of aromatic nitrogens is 1. The molecule has 13 heteroatoms. The lowest BCUT2D eigenvalue weighted by Crippen LogP contribution is -2.58. The molecule has 0 spiro atoms. The van der Waals surface area contributed by atoms with Gasteiger partial charge in [-0.25, -0.2) is 4.79 Å². The number of benzene rings is 2. The van der Waals surface area contributed by atoms with Crippen LogP contribution < -0.4 is 33.2 Å². The van der Waals surface area contributed by atoms with E-state index in [1.54, 1.807) is 36.5 Å². The number of rotatable bonds is 18. The molecule has 0 bridgehead atoms. The number of fused-ring (bicyclic) bond motifs is 1. The summed E-state index contributed by atoms with van der Waals surface area (Å²) in [6.45, 7) is 0.450. The zero-order chi connectivity index (χ0) is 32.1. The van der Waals surface area contributed by atoms with Gasteiger partial charge in [0.25, 0.3) is 0 Å². The van der Waals surface area contributed by atoms with Crippen LogP contribution in [0.1, 0.15) is 43.2 Å². The van der Waals surface area contributed by atoms with E-state index in [-0.39, 0.29) is 25.7 Å². The minimum atomic E-state index is -1.27. The van der Waals surface area contributed by atoms with Crippen LogP contribution in [0.3, 0.4) is 0 Å². The first kappa shape index (κ1) is 33.7. The fourth-order valence-electron chi connectivity index (χ4n) is 4.80. The highest BCUT2D eigenvalue weighted by atomic mass is 16.4. The maximum Gasteiger partial charge on any atom is 0.326 e. The van der Waals surface area contributed by atoms with Gasteiger partial charge < -0.3 is 43.2 Å². The molecule has 3 rings (SSSR count). The van der Waals surface area contributed by atoms with E-state index in [0.29, 0.717) is 36.9 Å². The van der Waals surface area contributed by atoms with Gasteiger partial charge in [0, 0.05) is 36.4 Å². The molecule has 0 saturated carbocycles. The van der Waals surface area contributed by atoms with Crippen LogP contribution >= 0.6 is 0 Å².